The lowest BCUT2D eigenvalue weighted by Crippen LogP contribution is -2.39. The molecule has 2 heterocycles. The highest BCUT2D eigenvalue weighted by atomic mass is 79.9. The molecule has 0 amide bonds. The lowest BCUT2D eigenvalue weighted by Gasteiger charge is -2.33. The number of ether oxygens (including phenoxy) is 1. The van der Waals surface area contributed by atoms with Crippen molar-refractivity contribution < 1.29 is 4.74 Å². The Kier molecular flexibility index (Phi) is 4.59. The first-order chi connectivity index (χ1) is 10.6. The van der Waals surface area contributed by atoms with Crippen LogP contribution in [0.2, 0.25) is 0 Å². The Bertz CT molecular complexity index is 650. The minimum Gasteiger partial charge on any atom is -0.370 e. The van der Waals surface area contributed by atoms with E-state index in [1.54, 1.807) is 6.20 Å². The first kappa shape index (κ1) is 15.2. The van der Waals surface area contributed by atoms with E-state index in [0.717, 1.165) is 34.9 Å². The molecule has 1 aromatic carbocycles. The first-order valence-electron chi connectivity index (χ1n) is 7.26. The monoisotopic (exact) mass is 362 g/mol. The van der Waals surface area contributed by atoms with E-state index in [1.807, 2.05) is 43.3 Å². The molecule has 2 aromatic rings. The van der Waals surface area contributed by atoms with Gasteiger partial charge in [0.2, 0.25) is 5.95 Å². The van der Waals surface area contributed by atoms with E-state index >= 15 is 0 Å². The van der Waals surface area contributed by atoms with E-state index in [0.29, 0.717) is 6.61 Å². The maximum Gasteiger partial charge on any atom is 0.227 e. The van der Waals surface area contributed by atoms with E-state index in [4.69, 9.17) is 4.74 Å². The fourth-order valence-corrected chi connectivity index (χ4v) is 3.04. The Labute approximate surface area is 139 Å². The lowest BCUT2D eigenvalue weighted by molar-refractivity contribution is 0.0388. The Hall–Kier alpha value is -1.66. The minimum atomic E-state index is 0.0240. The number of halogens is 1. The molecular weight excluding hydrogens is 344 g/mol. The quantitative estimate of drug-likeness (QED) is 0.839. The molecule has 5 nitrogen and oxygen atoms in total. The molecule has 0 aliphatic carbocycles. The highest BCUT2D eigenvalue weighted by molar-refractivity contribution is 9.10. The molecule has 1 aliphatic rings. The van der Waals surface area contributed by atoms with E-state index in [-0.39, 0.29) is 6.10 Å². The third-order valence-corrected chi connectivity index (χ3v) is 4.41. The Morgan fingerprint density at radius 2 is 2.09 bits per heavy atom. The number of morpholine rings is 1. The Morgan fingerprint density at radius 3 is 2.86 bits per heavy atom. The zero-order valence-electron chi connectivity index (χ0n) is 12.7. The van der Waals surface area contributed by atoms with Crippen LogP contribution in [0.4, 0.5) is 11.8 Å². The molecule has 1 unspecified atom stereocenters. The van der Waals surface area contributed by atoms with Gasteiger partial charge >= 0.3 is 0 Å². The number of nitrogens with zero attached hydrogens (tertiary/aromatic N) is 4. The summed E-state index contributed by atoms with van der Waals surface area (Å²) in [5.41, 5.74) is 1.16. The van der Waals surface area contributed by atoms with Crippen molar-refractivity contribution in [1.82, 2.24) is 9.97 Å². The van der Waals surface area contributed by atoms with Crippen LogP contribution < -0.4 is 9.80 Å². The normalized spacial score (nSPS) is 18.3. The molecule has 0 saturated carbocycles. The average molecular weight is 363 g/mol. The van der Waals surface area contributed by atoms with Crippen LogP contribution in [0.3, 0.4) is 0 Å². The fraction of sp³-hybridized carbons (Fsp3) is 0.375. The topological polar surface area (TPSA) is 41.5 Å². The Balaban J connectivity index is 1.81. The highest BCUT2D eigenvalue weighted by Crippen LogP contribution is 2.29. The van der Waals surface area contributed by atoms with Crippen molar-refractivity contribution in [3.05, 3.63) is 46.6 Å². The molecule has 0 bridgehead atoms. The SMILES string of the molecule is CN(C)c1ccnc(N2CCOC(c3ccccc3Br)C2)n1. The third kappa shape index (κ3) is 3.23. The summed E-state index contributed by atoms with van der Waals surface area (Å²) in [5, 5.41) is 0. The van der Waals surface area contributed by atoms with Gasteiger partial charge in [-0.3, -0.25) is 0 Å². The Morgan fingerprint density at radius 1 is 1.27 bits per heavy atom. The van der Waals surface area contributed by atoms with Gasteiger partial charge in [0.25, 0.3) is 0 Å². The number of hydrogen-bond donors (Lipinski definition) is 0. The van der Waals surface area contributed by atoms with Crippen LogP contribution >= 0.6 is 15.9 Å². The lowest BCUT2D eigenvalue weighted by atomic mass is 10.1. The molecule has 1 aliphatic heterocycles. The van der Waals surface area contributed by atoms with Gasteiger partial charge < -0.3 is 14.5 Å². The van der Waals surface area contributed by atoms with Crippen LogP contribution in [0.5, 0.6) is 0 Å². The van der Waals surface area contributed by atoms with E-state index in [9.17, 15) is 0 Å². The second-order valence-corrected chi connectivity index (χ2v) is 6.29. The van der Waals surface area contributed by atoms with Gasteiger partial charge in [0.05, 0.1) is 13.2 Å². The number of hydrogen-bond acceptors (Lipinski definition) is 5. The van der Waals surface area contributed by atoms with Gasteiger partial charge in [0.15, 0.2) is 0 Å². The highest BCUT2D eigenvalue weighted by Gasteiger charge is 2.25. The number of anilines is 2. The van der Waals surface area contributed by atoms with Crippen molar-refractivity contribution in [3.8, 4) is 0 Å². The van der Waals surface area contributed by atoms with E-state index in [2.05, 4.69) is 36.9 Å². The maximum absolute atomic E-state index is 5.94. The van der Waals surface area contributed by atoms with Gasteiger partial charge in [0, 0.05) is 31.3 Å². The van der Waals surface area contributed by atoms with Crippen LogP contribution in [0.1, 0.15) is 11.7 Å². The molecule has 1 aromatic heterocycles. The minimum absolute atomic E-state index is 0.0240. The zero-order chi connectivity index (χ0) is 15.5. The largest absolute Gasteiger partial charge is 0.370 e. The molecule has 1 fully saturated rings. The van der Waals surface area contributed by atoms with Crippen molar-refractivity contribution in [3.63, 3.8) is 0 Å². The van der Waals surface area contributed by atoms with E-state index in [1.165, 1.54) is 0 Å². The molecular formula is C16H19BrN4O. The van der Waals surface area contributed by atoms with Crippen molar-refractivity contribution >= 4 is 27.7 Å². The van der Waals surface area contributed by atoms with Crippen LogP contribution in [0.25, 0.3) is 0 Å². The fourth-order valence-electron chi connectivity index (χ4n) is 2.50. The van der Waals surface area contributed by atoms with Crippen molar-refractivity contribution in [2.24, 2.45) is 0 Å². The van der Waals surface area contributed by atoms with Crippen molar-refractivity contribution in [2.45, 2.75) is 6.10 Å². The first-order valence-corrected chi connectivity index (χ1v) is 8.06. The number of rotatable bonds is 3. The van der Waals surface area contributed by atoms with Gasteiger partial charge in [0.1, 0.15) is 11.9 Å². The van der Waals surface area contributed by atoms with Gasteiger partial charge in [-0.2, -0.15) is 4.98 Å². The predicted molar refractivity (Wildman–Crippen MR) is 91.4 cm³/mol. The van der Waals surface area contributed by atoms with Crippen LogP contribution in [-0.2, 0) is 4.74 Å². The molecule has 0 spiro atoms. The van der Waals surface area contributed by atoms with Crippen molar-refractivity contribution in [2.75, 3.05) is 43.6 Å². The summed E-state index contributed by atoms with van der Waals surface area (Å²) in [6.45, 7) is 2.22. The molecule has 0 radical (unpaired) electrons. The summed E-state index contributed by atoms with van der Waals surface area (Å²) in [6, 6.07) is 10.1. The summed E-state index contributed by atoms with van der Waals surface area (Å²) in [4.78, 5) is 13.2. The smallest absolute Gasteiger partial charge is 0.227 e. The number of benzene rings is 1. The van der Waals surface area contributed by atoms with E-state index < -0.39 is 0 Å². The molecule has 6 heteroatoms. The second kappa shape index (κ2) is 6.62. The molecule has 1 atom stereocenters. The second-order valence-electron chi connectivity index (χ2n) is 5.44. The van der Waals surface area contributed by atoms with Gasteiger partial charge in [-0.1, -0.05) is 34.1 Å². The summed E-state index contributed by atoms with van der Waals surface area (Å²) in [6.07, 6.45) is 1.83. The number of aromatic nitrogens is 2. The predicted octanol–water partition coefficient (Wildman–Crippen LogP) is 2.88. The molecule has 22 heavy (non-hydrogen) atoms. The van der Waals surface area contributed by atoms with Crippen LogP contribution in [-0.4, -0.2) is 43.8 Å². The standard InChI is InChI=1S/C16H19BrN4O/c1-20(2)15-7-8-18-16(19-15)21-9-10-22-14(11-21)12-5-3-4-6-13(12)17/h3-8,14H,9-11H2,1-2H3. The zero-order valence-corrected chi connectivity index (χ0v) is 14.3. The molecule has 0 N–H and O–H groups in total. The molecule has 3 rings (SSSR count). The summed E-state index contributed by atoms with van der Waals surface area (Å²) in [7, 11) is 3.96. The van der Waals surface area contributed by atoms with Gasteiger partial charge in [-0.15, -0.1) is 0 Å². The van der Waals surface area contributed by atoms with Crippen molar-refractivity contribution in [1.29, 1.82) is 0 Å². The van der Waals surface area contributed by atoms with Gasteiger partial charge in [-0.25, -0.2) is 4.98 Å². The summed E-state index contributed by atoms with van der Waals surface area (Å²) >= 11 is 3.60. The third-order valence-electron chi connectivity index (χ3n) is 3.69. The maximum atomic E-state index is 5.94. The summed E-state index contributed by atoms with van der Waals surface area (Å²) < 4.78 is 7.01. The van der Waals surface area contributed by atoms with Gasteiger partial charge in [-0.05, 0) is 17.7 Å². The van der Waals surface area contributed by atoms with Crippen LogP contribution in [0, 0.1) is 0 Å². The average Bonchev–Trinajstić information content (AvgIpc) is 2.55. The molecule has 1 saturated heterocycles. The van der Waals surface area contributed by atoms with Crippen LogP contribution in [0.15, 0.2) is 41.0 Å². The molecule has 116 valence electrons. The summed E-state index contributed by atoms with van der Waals surface area (Å²) in [5.74, 6) is 1.67.